The van der Waals surface area contributed by atoms with Crippen molar-refractivity contribution in [2.75, 3.05) is 0 Å². The molecule has 1 rings (SSSR count). The van der Waals surface area contributed by atoms with E-state index >= 15 is 0 Å². The maximum Gasteiger partial charge on any atom is 0.305 e. The number of rotatable bonds is 3. The summed E-state index contributed by atoms with van der Waals surface area (Å²) in [6.45, 7) is 1.72. The first-order valence-electron chi connectivity index (χ1n) is 4.17. The largest absolute Gasteiger partial charge is 0.481 e. The summed E-state index contributed by atoms with van der Waals surface area (Å²) in [5, 5.41) is 8.52. The first-order chi connectivity index (χ1) is 6.49. The van der Waals surface area contributed by atoms with Gasteiger partial charge in [-0.3, -0.25) is 9.59 Å². The Morgan fingerprint density at radius 1 is 1.64 bits per heavy atom. The van der Waals surface area contributed by atoms with Gasteiger partial charge in [-0.1, -0.05) is 0 Å². The van der Waals surface area contributed by atoms with E-state index in [0.29, 0.717) is 11.3 Å². The van der Waals surface area contributed by atoms with Crippen molar-refractivity contribution >= 4 is 5.97 Å². The second-order valence-electron chi connectivity index (χ2n) is 3.17. The molecule has 1 aromatic rings. The fourth-order valence-electron chi connectivity index (χ4n) is 1.23. The van der Waals surface area contributed by atoms with Gasteiger partial charge in [0.05, 0.1) is 6.42 Å². The van der Waals surface area contributed by atoms with Gasteiger partial charge in [0.25, 0.3) is 0 Å². The van der Waals surface area contributed by atoms with Gasteiger partial charge >= 0.3 is 5.97 Å². The number of hydrogen-bond acceptors (Lipinski definition) is 3. The predicted molar refractivity (Wildman–Crippen MR) is 51.0 cm³/mol. The van der Waals surface area contributed by atoms with Crippen LogP contribution in [-0.4, -0.2) is 16.1 Å². The fraction of sp³-hybridized carbons (Fsp3) is 0.333. The zero-order valence-corrected chi connectivity index (χ0v) is 7.78. The Hall–Kier alpha value is -1.62. The van der Waals surface area contributed by atoms with E-state index in [2.05, 4.69) is 4.98 Å². The number of aromatic nitrogens is 1. The number of aryl methyl sites for hydroxylation is 1. The molecule has 1 aromatic heterocycles. The highest BCUT2D eigenvalue weighted by Crippen LogP contribution is 2.12. The van der Waals surface area contributed by atoms with E-state index in [4.69, 9.17) is 10.8 Å². The maximum atomic E-state index is 11.0. The molecule has 0 saturated heterocycles. The van der Waals surface area contributed by atoms with Crippen LogP contribution >= 0.6 is 0 Å². The molecular weight excluding hydrogens is 184 g/mol. The Kier molecular flexibility index (Phi) is 3.03. The molecule has 0 radical (unpaired) electrons. The van der Waals surface area contributed by atoms with Crippen LogP contribution in [0.15, 0.2) is 16.9 Å². The number of aromatic amines is 1. The Balaban J connectivity index is 2.95. The van der Waals surface area contributed by atoms with Crippen LogP contribution < -0.4 is 11.3 Å². The molecule has 0 amide bonds. The van der Waals surface area contributed by atoms with Crippen LogP contribution in [0.4, 0.5) is 0 Å². The van der Waals surface area contributed by atoms with Crippen molar-refractivity contribution in [3.63, 3.8) is 0 Å². The highest BCUT2D eigenvalue weighted by Gasteiger charge is 2.11. The lowest BCUT2D eigenvalue weighted by Crippen LogP contribution is -2.18. The second-order valence-corrected chi connectivity index (χ2v) is 3.17. The lowest BCUT2D eigenvalue weighted by Gasteiger charge is -2.08. The van der Waals surface area contributed by atoms with Gasteiger partial charge in [0, 0.05) is 17.8 Å². The van der Waals surface area contributed by atoms with E-state index in [-0.39, 0.29) is 12.0 Å². The average molecular weight is 196 g/mol. The number of aliphatic carboxylic acids is 1. The number of nitrogens with one attached hydrogen (secondary N) is 1. The Bertz CT molecular complexity index is 397. The molecule has 4 N–H and O–H groups in total. The molecule has 5 nitrogen and oxygen atoms in total. The first-order valence-corrected chi connectivity index (χ1v) is 4.17. The molecule has 0 bridgehead atoms. The molecular formula is C9H12N2O3. The number of carboxylic acid groups (broad SMARTS) is 1. The normalized spacial score (nSPS) is 12.4. The van der Waals surface area contributed by atoms with Gasteiger partial charge in [-0.2, -0.15) is 0 Å². The molecule has 0 spiro atoms. The molecule has 0 aromatic carbocycles. The molecule has 14 heavy (non-hydrogen) atoms. The van der Waals surface area contributed by atoms with Crippen LogP contribution in [0.25, 0.3) is 0 Å². The Morgan fingerprint density at radius 2 is 2.29 bits per heavy atom. The van der Waals surface area contributed by atoms with Gasteiger partial charge in [0.1, 0.15) is 0 Å². The second kappa shape index (κ2) is 4.06. The van der Waals surface area contributed by atoms with Crippen molar-refractivity contribution in [2.24, 2.45) is 5.73 Å². The zero-order chi connectivity index (χ0) is 10.7. The minimum atomic E-state index is -0.976. The van der Waals surface area contributed by atoms with E-state index in [0.717, 1.165) is 0 Å². The van der Waals surface area contributed by atoms with Gasteiger partial charge in [-0.05, 0) is 18.6 Å². The van der Waals surface area contributed by atoms with E-state index in [1.807, 2.05) is 0 Å². The quantitative estimate of drug-likeness (QED) is 0.641. The third-order valence-corrected chi connectivity index (χ3v) is 1.82. The maximum absolute atomic E-state index is 11.0. The molecule has 5 heteroatoms. The molecule has 1 heterocycles. The molecule has 0 saturated carbocycles. The lowest BCUT2D eigenvalue weighted by atomic mass is 10.1. The molecule has 0 aliphatic heterocycles. The van der Waals surface area contributed by atoms with Crippen molar-refractivity contribution < 1.29 is 9.90 Å². The summed E-state index contributed by atoms with van der Waals surface area (Å²) < 4.78 is 0. The number of carboxylic acids is 1. The topological polar surface area (TPSA) is 96.2 Å². The molecule has 0 aliphatic carbocycles. The third-order valence-electron chi connectivity index (χ3n) is 1.82. The minimum absolute atomic E-state index is 0.178. The summed E-state index contributed by atoms with van der Waals surface area (Å²) >= 11 is 0. The third kappa shape index (κ3) is 2.70. The fourth-order valence-corrected chi connectivity index (χ4v) is 1.23. The van der Waals surface area contributed by atoms with E-state index in [9.17, 15) is 9.59 Å². The Morgan fingerprint density at radius 3 is 2.79 bits per heavy atom. The highest BCUT2D eigenvalue weighted by molar-refractivity contribution is 5.67. The van der Waals surface area contributed by atoms with E-state index in [1.165, 1.54) is 6.07 Å². The lowest BCUT2D eigenvalue weighted by molar-refractivity contribution is -0.137. The van der Waals surface area contributed by atoms with Crippen LogP contribution in [0.1, 0.15) is 23.7 Å². The summed E-state index contributed by atoms with van der Waals surface area (Å²) in [6.07, 6.45) is -0.178. The van der Waals surface area contributed by atoms with Crippen LogP contribution in [0.5, 0.6) is 0 Å². The standard InChI is InChI=1S/C9H12N2O3/c1-5-2-6(3-8(12)11-5)7(10)4-9(13)14/h2-3,7H,4,10H2,1H3,(H,11,12)(H,13,14). The highest BCUT2D eigenvalue weighted by atomic mass is 16.4. The Labute approximate surface area is 80.6 Å². The van der Waals surface area contributed by atoms with Crippen molar-refractivity contribution in [3.05, 3.63) is 33.7 Å². The molecule has 1 unspecified atom stereocenters. The average Bonchev–Trinajstić information content (AvgIpc) is 2.00. The van der Waals surface area contributed by atoms with Crippen LogP contribution in [0.3, 0.4) is 0 Å². The van der Waals surface area contributed by atoms with Gasteiger partial charge in [-0.25, -0.2) is 0 Å². The van der Waals surface area contributed by atoms with Crippen molar-refractivity contribution in [1.82, 2.24) is 4.98 Å². The monoisotopic (exact) mass is 196 g/mol. The number of H-pyrrole nitrogens is 1. The number of hydrogen-bond donors (Lipinski definition) is 3. The summed E-state index contributed by atoms with van der Waals surface area (Å²) in [6, 6.07) is 2.36. The minimum Gasteiger partial charge on any atom is -0.481 e. The molecule has 1 atom stereocenters. The van der Waals surface area contributed by atoms with Crippen LogP contribution in [0.2, 0.25) is 0 Å². The molecule has 0 fully saturated rings. The summed E-state index contributed by atoms with van der Waals surface area (Å²) in [4.78, 5) is 24.0. The SMILES string of the molecule is Cc1cc(C(N)CC(=O)O)cc(=O)[nH]1. The van der Waals surface area contributed by atoms with E-state index < -0.39 is 12.0 Å². The summed E-state index contributed by atoms with van der Waals surface area (Å²) in [7, 11) is 0. The van der Waals surface area contributed by atoms with Crippen LogP contribution in [0, 0.1) is 6.92 Å². The number of pyridine rings is 1. The van der Waals surface area contributed by atoms with Crippen LogP contribution in [-0.2, 0) is 4.79 Å². The van der Waals surface area contributed by atoms with Crippen molar-refractivity contribution in [3.8, 4) is 0 Å². The molecule has 76 valence electrons. The zero-order valence-electron chi connectivity index (χ0n) is 7.78. The van der Waals surface area contributed by atoms with Crippen molar-refractivity contribution in [2.45, 2.75) is 19.4 Å². The summed E-state index contributed by atoms with van der Waals surface area (Å²) in [5.41, 5.74) is 6.56. The number of carbonyl (C=O) groups is 1. The molecule has 0 aliphatic rings. The van der Waals surface area contributed by atoms with Gasteiger partial charge in [0.2, 0.25) is 5.56 Å². The van der Waals surface area contributed by atoms with Gasteiger partial charge < -0.3 is 15.8 Å². The van der Waals surface area contributed by atoms with E-state index in [1.54, 1.807) is 13.0 Å². The smallest absolute Gasteiger partial charge is 0.305 e. The summed E-state index contributed by atoms with van der Waals surface area (Å²) in [5.74, 6) is -0.976. The van der Waals surface area contributed by atoms with Gasteiger partial charge in [-0.15, -0.1) is 0 Å². The van der Waals surface area contributed by atoms with Crippen molar-refractivity contribution in [1.29, 1.82) is 0 Å². The predicted octanol–water partition coefficient (Wildman–Crippen LogP) is 0.158. The van der Waals surface area contributed by atoms with Gasteiger partial charge in [0.15, 0.2) is 0 Å². The number of nitrogens with two attached hydrogens (primary N) is 1. The first kappa shape index (κ1) is 10.5.